The van der Waals surface area contributed by atoms with E-state index >= 15 is 0 Å². The van der Waals surface area contributed by atoms with Crippen molar-refractivity contribution in [3.05, 3.63) is 27.7 Å². The van der Waals surface area contributed by atoms with Crippen molar-refractivity contribution >= 4 is 33.2 Å². The normalized spacial score (nSPS) is 27.3. The molecule has 2 aliphatic heterocycles. The number of hydrogen-bond donors (Lipinski definition) is 1. The predicted octanol–water partition coefficient (Wildman–Crippen LogP) is 2.87. The highest BCUT2D eigenvalue weighted by atomic mass is 35.5. The van der Waals surface area contributed by atoms with Crippen molar-refractivity contribution in [2.24, 2.45) is 0 Å². The van der Waals surface area contributed by atoms with Crippen molar-refractivity contribution in [3.8, 4) is 5.75 Å². The molecule has 3 rings (SSSR count). The van der Waals surface area contributed by atoms with E-state index in [1.165, 1.54) is 0 Å². The first-order chi connectivity index (χ1) is 11.4. The van der Waals surface area contributed by atoms with Crippen LogP contribution >= 0.6 is 23.2 Å². The van der Waals surface area contributed by atoms with E-state index in [1.54, 1.807) is 17.5 Å². The van der Waals surface area contributed by atoms with Crippen molar-refractivity contribution in [1.29, 1.82) is 0 Å². The minimum atomic E-state index is -3.07. The topological polar surface area (TPSA) is 58.6 Å². The number of hydrogen-bond acceptors (Lipinski definition) is 4. The van der Waals surface area contributed by atoms with Gasteiger partial charge < -0.3 is 10.1 Å². The van der Waals surface area contributed by atoms with Gasteiger partial charge in [-0.15, -0.1) is 0 Å². The van der Waals surface area contributed by atoms with Crippen molar-refractivity contribution < 1.29 is 13.2 Å². The molecule has 1 N–H and O–H groups in total. The van der Waals surface area contributed by atoms with E-state index < -0.39 is 10.0 Å². The van der Waals surface area contributed by atoms with Crippen LogP contribution in [0.1, 0.15) is 30.7 Å². The Hall–Kier alpha value is -0.530. The van der Waals surface area contributed by atoms with Gasteiger partial charge in [-0.2, -0.15) is 0 Å². The Bertz CT molecular complexity index is 712. The SMILES string of the molecule is COc1ccc(Cl)c(Cl)c1C1CCNC(CN2CCCS2(=O)=O)C1. The summed E-state index contributed by atoms with van der Waals surface area (Å²) in [6, 6.07) is 3.68. The number of methoxy groups -OCH3 is 1. The average molecular weight is 393 g/mol. The van der Waals surface area contributed by atoms with Crippen LogP contribution in [0.3, 0.4) is 0 Å². The van der Waals surface area contributed by atoms with Gasteiger partial charge in [-0.05, 0) is 43.9 Å². The summed E-state index contributed by atoms with van der Waals surface area (Å²) in [7, 11) is -1.45. The predicted molar refractivity (Wildman–Crippen MR) is 96.8 cm³/mol. The van der Waals surface area contributed by atoms with Gasteiger partial charge in [0.25, 0.3) is 0 Å². The van der Waals surface area contributed by atoms with Crippen molar-refractivity contribution in [3.63, 3.8) is 0 Å². The Morgan fingerprint density at radius 1 is 1.38 bits per heavy atom. The van der Waals surface area contributed by atoms with Gasteiger partial charge in [-0.3, -0.25) is 0 Å². The second-order valence-electron chi connectivity index (χ2n) is 6.38. The minimum Gasteiger partial charge on any atom is -0.496 e. The summed E-state index contributed by atoms with van der Waals surface area (Å²) in [6.45, 7) is 1.95. The molecule has 24 heavy (non-hydrogen) atoms. The zero-order chi connectivity index (χ0) is 17.3. The zero-order valence-corrected chi connectivity index (χ0v) is 15.9. The molecule has 1 aromatic rings. The van der Waals surface area contributed by atoms with Gasteiger partial charge in [0.2, 0.25) is 10.0 Å². The Morgan fingerprint density at radius 3 is 2.83 bits per heavy atom. The Balaban J connectivity index is 1.78. The fourth-order valence-electron chi connectivity index (χ4n) is 3.66. The first kappa shape index (κ1) is 18.3. The second kappa shape index (κ2) is 7.38. The van der Waals surface area contributed by atoms with Crippen molar-refractivity contribution in [2.75, 3.05) is 32.5 Å². The summed E-state index contributed by atoms with van der Waals surface area (Å²) >= 11 is 12.6. The highest BCUT2D eigenvalue weighted by Gasteiger charge is 2.33. The highest BCUT2D eigenvalue weighted by Crippen LogP contribution is 2.42. The lowest BCUT2D eigenvalue weighted by Crippen LogP contribution is -2.46. The number of nitrogens with zero attached hydrogens (tertiary/aromatic N) is 1. The molecule has 134 valence electrons. The van der Waals surface area contributed by atoms with Gasteiger partial charge in [-0.1, -0.05) is 23.2 Å². The maximum atomic E-state index is 12.0. The van der Waals surface area contributed by atoms with E-state index in [-0.39, 0.29) is 17.7 Å². The van der Waals surface area contributed by atoms with Gasteiger partial charge in [0.1, 0.15) is 5.75 Å². The van der Waals surface area contributed by atoms with Crippen LogP contribution in [0, 0.1) is 0 Å². The van der Waals surface area contributed by atoms with Crippen LogP contribution in [0.2, 0.25) is 10.0 Å². The van der Waals surface area contributed by atoms with Gasteiger partial charge >= 0.3 is 0 Å². The van der Waals surface area contributed by atoms with E-state index in [1.807, 2.05) is 6.07 Å². The Morgan fingerprint density at radius 2 is 2.17 bits per heavy atom. The number of benzene rings is 1. The molecular formula is C16H22Cl2N2O3S. The maximum Gasteiger partial charge on any atom is 0.214 e. The lowest BCUT2D eigenvalue weighted by atomic mass is 9.85. The monoisotopic (exact) mass is 392 g/mol. The first-order valence-corrected chi connectivity index (χ1v) is 10.5. The molecule has 1 aromatic carbocycles. The van der Waals surface area contributed by atoms with E-state index in [4.69, 9.17) is 27.9 Å². The molecule has 2 fully saturated rings. The minimum absolute atomic E-state index is 0.108. The van der Waals surface area contributed by atoms with Crippen LogP contribution in [0.15, 0.2) is 12.1 Å². The number of halogens is 2. The van der Waals surface area contributed by atoms with E-state index in [9.17, 15) is 8.42 Å². The molecule has 0 aromatic heterocycles. The molecule has 0 amide bonds. The van der Waals surface area contributed by atoms with Gasteiger partial charge in [0.05, 0.1) is 22.9 Å². The van der Waals surface area contributed by atoms with E-state index in [0.29, 0.717) is 29.6 Å². The second-order valence-corrected chi connectivity index (χ2v) is 9.25. The van der Waals surface area contributed by atoms with Crippen LogP contribution in [0.4, 0.5) is 0 Å². The number of sulfonamides is 1. The summed E-state index contributed by atoms with van der Waals surface area (Å²) in [5.74, 6) is 1.20. The zero-order valence-electron chi connectivity index (χ0n) is 13.6. The van der Waals surface area contributed by atoms with Crippen LogP contribution < -0.4 is 10.1 Å². The van der Waals surface area contributed by atoms with Crippen LogP contribution in [-0.2, 0) is 10.0 Å². The summed E-state index contributed by atoms with van der Waals surface area (Å²) in [6.07, 6.45) is 2.44. The Labute approximate surface area is 153 Å². The number of nitrogens with one attached hydrogen (secondary N) is 1. The Kier molecular flexibility index (Phi) is 5.62. The molecule has 0 radical (unpaired) electrons. The number of piperidine rings is 1. The molecule has 0 spiro atoms. The number of rotatable bonds is 4. The first-order valence-electron chi connectivity index (χ1n) is 8.15. The molecule has 5 nitrogen and oxygen atoms in total. The maximum absolute atomic E-state index is 12.0. The quantitative estimate of drug-likeness (QED) is 0.855. The summed E-state index contributed by atoms with van der Waals surface area (Å²) in [5, 5.41) is 4.49. The van der Waals surface area contributed by atoms with E-state index in [0.717, 1.165) is 30.7 Å². The molecule has 2 heterocycles. The largest absolute Gasteiger partial charge is 0.496 e. The lowest BCUT2D eigenvalue weighted by Gasteiger charge is -2.33. The summed E-state index contributed by atoms with van der Waals surface area (Å²) < 4.78 is 31.1. The van der Waals surface area contributed by atoms with Gasteiger partial charge in [0, 0.05) is 24.7 Å². The lowest BCUT2D eigenvalue weighted by molar-refractivity contribution is 0.299. The molecule has 0 aliphatic carbocycles. The van der Waals surface area contributed by atoms with Crippen LogP contribution in [0.5, 0.6) is 5.75 Å². The molecule has 2 atom stereocenters. The van der Waals surface area contributed by atoms with Crippen molar-refractivity contribution in [2.45, 2.75) is 31.2 Å². The molecule has 0 saturated carbocycles. The molecular weight excluding hydrogens is 371 g/mol. The third kappa shape index (κ3) is 3.68. The third-order valence-electron chi connectivity index (χ3n) is 4.84. The average Bonchev–Trinajstić information content (AvgIpc) is 2.88. The van der Waals surface area contributed by atoms with Gasteiger partial charge in [-0.25, -0.2) is 12.7 Å². The van der Waals surface area contributed by atoms with E-state index in [2.05, 4.69) is 5.32 Å². The molecule has 2 unspecified atom stereocenters. The molecule has 2 aliphatic rings. The fraction of sp³-hybridized carbons (Fsp3) is 0.625. The third-order valence-corrected chi connectivity index (χ3v) is 7.58. The van der Waals surface area contributed by atoms with Crippen LogP contribution in [-0.4, -0.2) is 51.3 Å². The fourth-order valence-corrected chi connectivity index (χ4v) is 5.70. The summed E-state index contributed by atoms with van der Waals surface area (Å²) in [4.78, 5) is 0. The van der Waals surface area contributed by atoms with Crippen LogP contribution in [0.25, 0.3) is 0 Å². The summed E-state index contributed by atoms with van der Waals surface area (Å²) in [5.41, 5.74) is 0.933. The standard InChI is InChI=1S/C16H22Cl2N2O3S/c1-23-14-4-3-13(17)16(18)15(14)11-5-6-19-12(9-11)10-20-7-2-8-24(20,21)22/h3-4,11-12,19H,2,5-10H2,1H3. The molecule has 0 bridgehead atoms. The van der Waals surface area contributed by atoms with Crippen molar-refractivity contribution in [1.82, 2.24) is 9.62 Å². The highest BCUT2D eigenvalue weighted by molar-refractivity contribution is 7.89. The molecule has 2 saturated heterocycles. The number of ether oxygens (including phenoxy) is 1. The smallest absolute Gasteiger partial charge is 0.214 e. The molecule has 8 heteroatoms. The van der Waals surface area contributed by atoms with Gasteiger partial charge in [0.15, 0.2) is 0 Å².